The van der Waals surface area contributed by atoms with Gasteiger partial charge in [0.25, 0.3) is 0 Å². The van der Waals surface area contributed by atoms with Gasteiger partial charge in [0.2, 0.25) is 0 Å². The Hall–Kier alpha value is -2.36. The van der Waals surface area contributed by atoms with Crippen LogP contribution in [0.4, 0.5) is 8.78 Å². The smallest absolute Gasteiger partial charge is 0.129 e. The summed E-state index contributed by atoms with van der Waals surface area (Å²) in [5, 5.41) is 0. The molecule has 2 aliphatic rings. The van der Waals surface area contributed by atoms with E-state index >= 15 is 0 Å². The minimum Gasteiger partial charge on any atom is -0.358 e. The first-order chi connectivity index (χ1) is 12.2. The van der Waals surface area contributed by atoms with Crippen molar-refractivity contribution in [2.24, 2.45) is 0 Å². The van der Waals surface area contributed by atoms with E-state index in [2.05, 4.69) is 46.5 Å². The van der Waals surface area contributed by atoms with Gasteiger partial charge in [-0.25, -0.2) is 8.78 Å². The van der Waals surface area contributed by atoms with E-state index in [4.69, 9.17) is 0 Å². The van der Waals surface area contributed by atoms with Crippen LogP contribution in [0.1, 0.15) is 23.1 Å². The van der Waals surface area contributed by atoms with Crippen LogP contribution in [-0.4, -0.2) is 29.1 Å². The van der Waals surface area contributed by atoms with E-state index in [1.54, 1.807) is 0 Å². The first-order valence-corrected chi connectivity index (χ1v) is 8.88. The first kappa shape index (κ1) is 16.1. The minimum absolute atomic E-state index is 0.312. The Bertz CT molecular complexity index is 773. The summed E-state index contributed by atoms with van der Waals surface area (Å²) in [5.41, 5.74) is 2.86. The molecular weight excluding hydrogens is 318 g/mol. The standard InChI is InChI=1S/C21H22F2N2/c22-18-12-17-13-19(6-7-20(17)21(23)14-18)25-11-10-24(15-25)9-8-16-4-2-1-3-5-16/h1-5,10-12,14,19H,6-9,13,15H2/t19-/m0/s1. The molecule has 0 amide bonds. The van der Waals surface area contributed by atoms with E-state index in [1.807, 2.05) is 6.07 Å². The third kappa shape index (κ3) is 3.53. The second-order valence-corrected chi connectivity index (χ2v) is 6.92. The lowest BCUT2D eigenvalue weighted by molar-refractivity contribution is 0.197. The summed E-state index contributed by atoms with van der Waals surface area (Å²) in [6.45, 7) is 1.83. The molecule has 1 aliphatic carbocycles. The van der Waals surface area contributed by atoms with Crippen molar-refractivity contribution in [2.75, 3.05) is 13.2 Å². The van der Waals surface area contributed by atoms with E-state index in [0.29, 0.717) is 24.4 Å². The molecule has 0 spiro atoms. The molecule has 1 atom stereocenters. The molecule has 4 heteroatoms. The first-order valence-electron chi connectivity index (χ1n) is 8.88. The second kappa shape index (κ2) is 6.87. The van der Waals surface area contributed by atoms with E-state index in [0.717, 1.165) is 37.7 Å². The van der Waals surface area contributed by atoms with Gasteiger partial charge in [-0.1, -0.05) is 30.3 Å². The van der Waals surface area contributed by atoms with Crippen LogP contribution >= 0.6 is 0 Å². The lowest BCUT2D eigenvalue weighted by atomic mass is 9.87. The highest BCUT2D eigenvalue weighted by Crippen LogP contribution is 2.29. The number of fused-ring (bicyclic) bond motifs is 1. The van der Waals surface area contributed by atoms with Crippen LogP contribution in [0.15, 0.2) is 54.9 Å². The maximum atomic E-state index is 13.9. The highest BCUT2D eigenvalue weighted by atomic mass is 19.1. The lowest BCUT2D eigenvalue weighted by Gasteiger charge is -2.33. The summed E-state index contributed by atoms with van der Waals surface area (Å²) in [6.07, 6.45) is 7.57. The molecule has 0 saturated heterocycles. The fraction of sp³-hybridized carbons (Fsp3) is 0.333. The van der Waals surface area contributed by atoms with Crippen LogP contribution in [0.5, 0.6) is 0 Å². The Labute approximate surface area is 147 Å². The molecule has 0 radical (unpaired) electrons. The van der Waals surface area contributed by atoms with Crippen LogP contribution in [0.3, 0.4) is 0 Å². The Balaban J connectivity index is 1.36. The zero-order valence-electron chi connectivity index (χ0n) is 14.2. The molecule has 0 fully saturated rings. The zero-order chi connectivity index (χ0) is 17.2. The van der Waals surface area contributed by atoms with Crippen molar-refractivity contribution < 1.29 is 8.78 Å². The molecule has 25 heavy (non-hydrogen) atoms. The summed E-state index contributed by atoms with van der Waals surface area (Å²) in [5.74, 6) is -0.867. The average Bonchev–Trinajstić information content (AvgIpc) is 3.09. The van der Waals surface area contributed by atoms with Gasteiger partial charge in [0.1, 0.15) is 11.6 Å². The van der Waals surface area contributed by atoms with Crippen LogP contribution in [0, 0.1) is 11.6 Å². The van der Waals surface area contributed by atoms with Gasteiger partial charge in [0, 0.05) is 31.1 Å². The van der Waals surface area contributed by atoms with Crippen LogP contribution < -0.4 is 0 Å². The van der Waals surface area contributed by atoms with E-state index in [1.165, 1.54) is 11.6 Å². The average molecular weight is 340 g/mol. The van der Waals surface area contributed by atoms with Crippen molar-refractivity contribution in [1.29, 1.82) is 0 Å². The van der Waals surface area contributed by atoms with Crippen LogP contribution in [0.25, 0.3) is 0 Å². The lowest BCUT2D eigenvalue weighted by Crippen LogP contribution is -2.38. The molecule has 4 rings (SSSR count). The van der Waals surface area contributed by atoms with Gasteiger partial charge in [-0.05, 0) is 48.4 Å². The van der Waals surface area contributed by atoms with E-state index in [9.17, 15) is 8.78 Å². The monoisotopic (exact) mass is 340 g/mol. The molecule has 2 nitrogen and oxygen atoms in total. The SMILES string of the molecule is Fc1cc(F)c2c(c1)C[C@@H](N1C=CN(CCc3ccccc3)C1)CC2. The maximum Gasteiger partial charge on any atom is 0.129 e. The van der Waals surface area contributed by atoms with E-state index < -0.39 is 11.6 Å². The summed E-state index contributed by atoms with van der Waals surface area (Å²) >= 11 is 0. The van der Waals surface area contributed by atoms with Crippen molar-refractivity contribution in [3.63, 3.8) is 0 Å². The Morgan fingerprint density at radius 3 is 2.72 bits per heavy atom. The normalized spacial score (nSPS) is 19.4. The largest absolute Gasteiger partial charge is 0.358 e. The second-order valence-electron chi connectivity index (χ2n) is 6.92. The van der Waals surface area contributed by atoms with Crippen LogP contribution in [-0.2, 0) is 19.3 Å². The quantitative estimate of drug-likeness (QED) is 0.826. The fourth-order valence-electron chi connectivity index (χ4n) is 3.85. The summed E-state index contributed by atoms with van der Waals surface area (Å²) in [7, 11) is 0. The molecule has 1 heterocycles. The number of nitrogens with zero attached hydrogens (tertiary/aromatic N) is 2. The number of halogens is 2. The summed E-state index contributed by atoms with van der Waals surface area (Å²) < 4.78 is 27.4. The predicted molar refractivity (Wildman–Crippen MR) is 94.9 cm³/mol. The molecule has 2 aromatic rings. The highest BCUT2D eigenvalue weighted by molar-refractivity contribution is 5.33. The van der Waals surface area contributed by atoms with Crippen molar-refractivity contribution >= 4 is 0 Å². The third-order valence-electron chi connectivity index (χ3n) is 5.25. The Morgan fingerprint density at radius 2 is 1.88 bits per heavy atom. The number of benzene rings is 2. The molecule has 0 aromatic heterocycles. The third-order valence-corrected chi connectivity index (χ3v) is 5.25. The van der Waals surface area contributed by atoms with Crippen molar-refractivity contribution in [3.8, 4) is 0 Å². The molecular formula is C21H22F2N2. The van der Waals surface area contributed by atoms with Gasteiger partial charge in [-0.2, -0.15) is 0 Å². The van der Waals surface area contributed by atoms with Crippen LogP contribution in [0.2, 0.25) is 0 Å². The molecule has 130 valence electrons. The number of hydrogen-bond acceptors (Lipinski definition) is 2. The van der Waals surface area contributed by atoms with Gasteiger partial charge >= 0.3 is 0 Å². The minimum atomic E-state index is -0.474. The number of hydrogen-bond donors (Lipinski definition) is 0. The molecule has 1 aliphatic heterocycles. The summed E-state index contributed by atoms with van der Waals surface area (Å²) in [4.78, 5) is 4.60. The molecule has 0 N–H and O–H groups in total. The molecule has 0 bridgehead atoms. The zero-order valence-corrected chi connectivity index (χ0v) is 14.2. The van der Waals surface area contributed by atoms with Crippen molar-refractivity contribution in [3.05, 3.63) is 83.2 Å². The van der Waals surface area contributed by atoms with Gasteiger partial charge in [-0.15, -0.1) is 0 Å². The van der Waals surface area contributed by atoms with Crippen molar-refractivity contribution in [1.82, 2.24) is 9.80 Å². The molecule has 0 saturated carbocycles. The highest BCUT2D eigenvalue weighted by Gasteiger charge is 2.27. The van der Waals surface area contributed by atoms with Gasteiger partial charge in [-0.3, -0.25) is 0 Å². The Kier molecular flexibility index (Phi) is 4.43. The summed E-state index contributed by atoms with van der Waals surface area (Å²) in [6, 6.07) is 13.3. The Morgan fingerprint density at radius 1 is 1.04 bits per heavy atom. The molecule has 0 unspecified atom stereocenters. The van der Waals surface area contributed by atoms with Gasteiger partial charge in [0.15, 0.2) is 0 Å². The maximum absolute atomic E-state index is 13.9. The molecule has 2 aromatic carbocycles. The fourth-order valence-corrected chi connectivity index (χ4v) is 3.85. The van der Waals surface area contributed by atoms with E-state index in [-0.39, 0.29) is 0 Å². The van der Waals surface area contributed by atoms with Crippen molar-refractivity contribution in [2.45, 2.75) is 31.7 Å². The van der Waals surface area contributed by atoms with Gasteiger partial charge < -0.3 is 9.80 Å². The number of rotatable bonds is 4. The predicted octanol–water partition coefficient (Wildman–Crippen LogP) is 4.11. The van der Waals surface area contributed by atoms with Gasteiger partial charge in [0.05, 0.1) is 6.67 Å². The topological polar surface area (TPSA) is 6.48 Å².